The van der Waals surface area contributed by atoms with Gasteiger partial charge in [0, 0.05) is 18.8 Å². The van der Waals surface area contributed by atoms with Crippen molar-refractivity contribution in [3.05, 3.63) is 29.8 Å². The van der Waals surface area contributed by atoms with Gasteiger partial charge in [0.15, 0.2) is 0 Å². The molecule has 2 heterocycles. The molecule has 7 heteroatoms. The maximum atomic E-state index is 10.4. The highest BCUT2D eigenvalue weighted by Gasteiger charge is 2.04. The van der Waals surface area contributed by atoms with Crippen molar-refractivity contribution in [3.63, 3.8) is 0 Å². The van der Waals surface area contributed by atoms with Crippen LogP contribution in [0.2, 0.25) is 0 Å². The van der Waals surface area contributed by atoms with Crippen molar-refractivity contribution in [2.24, 2.45) is 0 Å². The Morgan fingerprint density at radius 2 is 2.11 bits per heavy atom. The van der Waals surface area contributed by atoms with Gasteiger partial charge in [-0.05, 0) is 12.5 Å². The number of hydrogen-bond donors (Lipinski definition) is 1. The van der Waals surface area contributed by atoms with Gasteiger partial charge in [0.2, 0.25) is 0 Å². The maximum absolute atomic E-state index is 10.4. The van der Waals surface area contributed by atoms with Gasteiger partial charge < -0.3 is 5.11 Å². The first-order valence-corrected chi connectivity index (χ1v) is 5.73. The molecule has 0 saturated heterocycles. The minimum Gasteiger partial charge on any atom is -0.481 e. The Morgan fingerprint density at radius 1 is 1.33 bits per heavy atom. The third kappa shape index (κ3) is 3.41. The van der Waals surface area contributed by atoms with E-state index in [4.69, 9.17) is 5.11 Å². The van der Waals surface area contributed by atoms with Crippen LogP contribution in [-0.2, 0) is 24.3 Å². The van der Waals surface area contributed by atoms with E-state index in [9.17, 15) is 4.79 Å². The standard InChI is InChI=1S/C11H15N5O2/c1-9-6-12-15(7-9)4-5-16-8-10(13-14-16)2-3-11(17)18/h6-8H,2-5H2,1H3,(H,17,18). The Balaban J connectivity index is 1.84. The highest BCUT2D eigenvalue weighted by molar-refractivity contribution is 5.66. The smallest absolute Gasteiger partial charge is 0.303 e. The summed E-state index contributed by atoms with van der Waals surface area (Å²) in [5.74, 6) is -0.823. The number of carboxylic acids is 1. The summed E-state index contributed by atoms with van der Waals surface area (Å²) in [6.45, 7) is 3.37. The van der Waals surface area contributed by atoms with Crippen LogP contribution >= 0.6 is 0 Å². The molecule has 96 valence electrons. The molecule has 1 N–H and O–H groups in total. The molecule has 0 aliphatic carbocycles. The molecule has 0 spiro atoms. The molecular weight excluding hydrogens is 234 g/mol. The summed E-state index contributed by atoms with van der Waals surface area (Å²) in [5, 5.41) is 20.6. The quantitative estimate of drug-likeness (QED) is 0.805. The number of aryl methyl sites for hydroxylation is 4. The molecule has 0 unspecified atom stereocenters. The zero-order valence-corrected chi connectivity index (χ0v) is 10.2. The lowest BCUT2D eigenvalue weighted by atomic mass is 10.2. The Bertz CT molecular complexity index is 531. The molecule has 0 amide bonds. The minimum absolute atomic E-state index is 0.0804. The van der Waals surface area contributed by atoms with Crippen LogP contribution in [-0.4, -0.2) is 35.9 Å². The van der Waals surface area contributed by atoms with Crippen molar-refractivity contribution in [2.75, 3.05) is 0 Å². The molecule has 18 heavy (non-hydrogen) atoms. The van der Waals surface area contributed by atoms with E-state index in [1.807, 2.05) is 17.8 Å². The number of rotatable bonds is 6. The van der Waals surface area contributed by atoms with E-state index >= 15 is 0 Å². The molecule has 2 aromatic rings. The fourth-order valence-corrected chi connectivity index (χ4v) is 1.59. The lowest BCUT2D eigenvalue weighted by molar-refractivity contribution is -0.136. The Kier molecular flexibility index (Phi) is 3.71. The second-order valence-corrected chi connectivity index (χ2v) is 4.15. The molecule has 0 radical (unpaired) electrons. The summed E-state index contributed by atoms with van der Waals surface area (Å²) >= 11 is 0. The first-order valence-electron chi connectivity index (χ1n) is 5.73. The molecule has 0 aliphatic heterocycles. The van der Waals surface area contributed by atoms with E-state index < -0.39 is 5.97 Å². The van der Waals surface area contributed by atoms with E-state index in [1.54, 1.807) is 17.1 Å². The number of aliphatic carboxylic acids is 1. The number of aromatic nitrogens is 5. The van der Waals surface area contributed by atoms with Crippen molar-refractivity contribution < 1.29 is 9.90 Å². The second kappa shape index (κ2) is 5.44. The molecule has 0 saturated carbocycles. The lowest BCUT2D eigenvalue weighted by Crippen LogP contribution is -2.08. The predicted octanol–water partition coefficient (Wildman–Crippen LogP) is 0.500. The van der Waals surface area contributed by atoms with E-state index in [-0.39, 0.29) is 6.42 Å². The third-order valence-electron chi connectivity index (χ3n) is 2.50. The number of hydrogen-bond acceptors (Lipinski definition) is 4. The van der Waals surface area contributed by atoms with Gasteiger partial charge in [-0.2, -0.15) is 5.10 Å². The van der Waals surface area contributed by atoms with E-state index in [1.165, 1.54) is 0 Å². The molecule has 0 fully saturated rings. The fraction of sp³-hybridized carbons (Fsp3) is 0.455. The first-order chi connectivity index (χ1) is 8.63. The zero-order valence-electron chi connectivity index (χ0n) is 10.2. The van der Waals surface area contributed by atoms with Crippen LogP contribution in [0.3, 0.4) is 0 Å². The van der Waals surface area contributed by atoms with Crippen molar-refractivity contribution in [3.8, 4) is 0 Å². The van der Waals surface area contributed by atoms with Crippen molar-refractivity contribution in [2.45, 2.75) is 32.9 Å². The molecular formula is C11H15N5O2. The summed E-state index contributed by atoms with van der Waals surface area (Å²) in [5.41, 5.74) is 1.82. The SMILES string of the molecule is Cc1cnn(CCn2cc(CCC(=O)O)nn2)c1. The molecule has 0 aromatic carbocycles. The van der Waals surface area contributed by atoms with E-state index in [2.05, 4.69) is 15.4 Å². The van der Waals surface area contributed by atoms with Crippen molar-refractivity contribution in [1.82, 2.24) is 24.8 Å². The summed E-state index contributed by atoms with van der Waals surface area (Å²) in [6.07, 6.45) is 6.04. The first kappa shape index (κ1) is 12.3. The van der Waals surface area contributed by atoms with Gasteiger partial charge in [0.25, 0.3) is 0 Å². The van der Waals surface area contributed by atoms with Gasteiger partial charge >= 0.3 is 5.97 Å². The molecule has 2 aromatic heterocycles. The minimum atomic E-state index is -0.823. The van der Waals surface area contributed by atoms with Crippen LogP contribution in [0.15, 0.2) is 18.6 Å². The molecule has 0 atom stereocenters. The molecule has 0 bridgehead atoms. The van der Waals surface area contributed by atoms with Gasteiger partial charge in [-0.15, -0.1) is 5.10 Å². The summed E-state index contributed by atoms with van der Waals surface area (Å²) in [4.78, 5) is 10.4. The van der Waals surface area contributed by atoms with Gasteiger partial charge in [-0.3, -0.25) is 14.2 Å². The Morgan fingerprint density at radius 3 is 2.78 bits per heavy atom. The van der Waals surface area contributed by atoms with Gasteiger partial charge in [0.1, 0.15) is 0 Å². The predicted molar refractivity (Wildman–Crippen MR) is 62.9 cm³/mol. The average Bonchev–Trinajstić information content (AvgIpc) is 2.93. The van der Waals surface area contributed by atoms with E-state index in [0.29, 0.717) is 18.7 Å². The monoisotopic (exact) mass is 249 g/mol. The van der Waals surface area contributed by atoms with Gasteiger partial charge in [0.05, 0.1) is 31.4 Å². The van der Waals surface area contributed by atoms with Crippen molar-refractivity contribution >= 4 is 5.97 Å². The van der Waals surface area contributed by atoms with Crippen LogP contribution in [0.5, 0.6) is 0 Å². The van der Waals surface area contributed by atoms with Crippen LogP contribution in [0.25, 0.3) is 0 Å². The summed E-state index contributed by atoms with van der Waals surface area (Å²) in [6, 6.07) is 0. The molecule has 0 aliphatic rings. The van der Waals surface area contributed by atoms with E-state index in [0.717, 1.165) is 12.1 Å². The summed E-state index contributed by atoms with van der Waals surface area (Å²) in [7, 11) is 0. The van der Waals surface area contributed by atoms with Crippen LogP contribution in [0, 0.1) is 6.92 Å². The topological polar surface area (TPSA) is 85.8 Å². The highest BCUT2D eigenvalue weighted by Crippen LogP contribution is 1.99. The van der Waals surface area contributed by atoms with Crippen molar-refractivity contribution in [1.29, 1.82) is 0 Å². The maximum Gasteiger partial charge on any atom is 0.303 e. The molecule has 2 rings (SSSR count). The fourth-order valence-electron chi connectivity index (χ4n) is 1.59. The number of carboxylic acid groups (broad SMARTS) is 1. The molecule has 7 nitrogen and oxygen atoms in total. The summed E-state index contributed by atoms with van der Waals surface area (Å²) < 4.78 is 3.54. The highest BCUT2D eigenvalue weighted by atomic mass is 16.4. The van der Waals surface area contributed by atoms with Gasteiger partial charge in [-0.25, -0.2) is 0 Å². The third-order valence-corrected chi connectivity index (χ3v) is 2.50. The largest absolute Gasteiger partial charge is 0.481 e. The average molecular weight is 249 g/mol. The Labute approximate surface area is 104 Å². The van der Waals surface area contributed by atoms with Crippen LogP contribution in [0.1, 0.15) is 17.7 Å². The lowest BCUT2D eigenvalue weighted by Gasteiger charge is -2.00. The number of nitrogens with zero attached hydrogens (tertiary/aromatic N) is 5. The van der Waals surface area contributed by atoms with Crippen LogP contribution < -0.4 is 0 Å². The normalized spacial score (nSPS) is 10.7. The second-order valence-electron chi connectivity index (χ2n) is 4.15. The zero-order chi connectivity index (χ0) is 13.0. The Hall–Kier alpha value is -2.18. The van der Waals surface area contributed by atoms with Crippen LogP contribution in [0.4, 0.5) is 0 Å². The van der Waals surface area contributed by atoms with Gasteiger partial charge in [-0.1, -0.05) is 5.21 Å². The number of carbonyl (C=O) groups is 1.